The molecule has 0 saturated heterocycles. The molecule has 8 heteroatoms. The molecule has 1 heterocycles. The third-order valence-electron chi connectivity index (χ3n) is 3.36. The van der Waals surface area contributed by atoms with Gasteiger partial charge in [-0.1, -0.05) is 17.3 Å². The largest absolute Gasteiger partial charge is 0.496 e. The minimum Gasteiger partial charge on any atom is -0.496 e. The van der Waals surface area contributed by atoms with Crippen molar-refractivity contribution in [1.82, 2.24) is 10.1 Å². The maximum Gasteiger partial charge on any atom is 0.416 e. The molecule has 0 amide bonds. The van der Waals surface area contributed by atoms with Gasteiger partial charge >= 0.3 is 6.18 Å². The lowest BCUT2D eigenvalue weighted by atomic mass is 10.2. The fourth-order valence-corrected chi connectivity index (χ4v) is 2.14. The van der Waals surface area contributed by atoms with Crippen LogP contribution in [0, 0.1) is 0 Å². The summed E-state index contributed by atoms with van der Waals surface area (Å²) in [6.45, 7) is -0.0620. The Morgan fingerprint density at radius 1 is 1.04 bits per heavy atom. The average Bonchev–Trinajstić information content (AvgIpc) is 3.08. The van der Waals surface area contributed by atoms with Gasteiger partial charge in [0.05, 0.1) is 18.2 Å². The minimum atomic E-state index is -4.38. The van der Waals surface area contributed by atoms with Crippen molar-refractivity contribution in [2.75, 3.05) is 7.11 Å². The molecule has 130 valence electrons. The van der Waals surface area contributed by atoms with Gasteiger partial charge in [-0.3, -0.25) is 0 Å². The van der Waals surface area contributed by atoms with Crippen molar-refractivity contribution in [1.29, 1.82) is 0 Å². The van der Waals surface area contributed by atoms with E-state index in [1.165, 1.54) is 19.2 Å². The molecule has 0 aliphatic carbocycles. The van der Waals surface area contributed by atoms with E-state index in [2.05, 4.69) is 10.1 Å². The summed E-state index contributed by atoms with van der Waals surface area (Å²) < 4.78 is 53.2. The fourth-order valence-electron chi connectivity index (χ4n) is 2.14. The highest BCUT2D eigenvalue weighted by atomic mass is 19.4. The Kier molecular flexibility index (Phi) is 4.60. The van der Waals surface area contributed by atoms with E-state index in [-0.39, 0.29) is 18.2 Å². The van der Waals surface area contributed by atoms with Gasteiger partial charge in [0.1, 0.15) is 11.5 Å². The van der Waals surface area contributed by atoms with Crippen molar-refractivity contribution in [3.8, 4) is 22.9 Å². The molecule has 1 aromatic heterocycles. The van der Waals surface area contributed by atoms with E-state index < -0.39 is 11.7 Å². The van der Waals surface area contributed by atoms with Crippen molar-refractivity contribution in [2.24, 2.45) is 0 Å². The second-order valence-corrected chi connectivity index (χ2v) is 5.02. The smallest absolute Gasteiger partial charge is 0.416 e. The number of aromatic nitrogens is 2. The predicted molar refractivity (Wildman–Crippen MR) is 82.1 cm³/mol. The third kappa shape index (κ3) is 3.90. The van der Waals surface area contributed by atoms with E-state index in [4.69, 9.17) is 14.0 Å². The summed E-state index contributed by atoms with van der Waals surface area (Å²) in [5.74, 6) is 1.40. The Balaban J connectivity index is 1.68. The molecule has 0 aliphatic rings. The molecule has 0 unspecified atom stereocenters. The zero-order chi connectivity index (χ0) is 17.9. The van der Waals surface area contributed by atoms with E-state index >= 15 is 0 Å². The van der Waals surface area contributed by atoms with Gasteiger partial charge in [0, 0.05) is 0 Å². The van der Waals surface area contributed by atoms with Crippen molar-refractivity contribution >= 4 is 0 Å². The molecule has 5 nitrogen and oxygen atoms in total. The Hall–Kier alpha value is -3.03. The van der Waals surface area contributed by atoms with Gasteiger partial charge in [0.15, 0.2) is 6.61 Å². The van der Waals surface area contributed by atoms with Crippen LogP contribution in [-0.4, -0.2) is 17.3 Å². The highest BCUT2D eigenvalue weighted by Gasteiger charge is 2.30. The summed E-state index contributed by atoms with van der Waals surface area (Å²) in [6.07, 6.45) is -4.38. The summed E-state index contributed by atoms with van der Waals surface area (Å²) in [6, 6.07) is 11.5. The van der Waals surface area contributed by atoms with Crippen LogP contribution in [-0.2, 0) is 12.8 Å². The first-order chi connectivity index (χ1) is 12.0. The van der Waals surface area contributed by atoms with Gasteiger partial charge in [-0.15, -0.1) is 0 Å². The molecular weight excluding hydrogens is 337 g/mol. The number of nitrogens with zero attached hydrogens (tertiary/aromatic N) is 2. The number of ether oxygens (including phenoxy) is 2. The molecule has 25 heavy (non-hydrogen) atoms. The molecule has 2 aromatic carbocycles. The Bertz CT molecular complexity index is 845. The number of methoxy groups -OCH3 is 1. The highest BCUT2D eigenvalue weighted by molar-refractivity contribution is 5.63. The molecule has 0 spiro atoms. The second kappa shape index (κ2) is 6.84. The summed E-state index contributed by atoms with van der Waals surface area (Å²) in [4.78, 5) is 4.20. The van der Waals surface area contributed by atoms with E-state index in [0.717, 1.165) is 12.1 Å². The van der Waals surface area contributed by atoms with E-state index in [1.807, 2.05) is 12.1 Å². The van der Waals surface area contributed by atoms with E-state index in [0.29, 0.717) is 17.1 Å². The van der Waals surface area contributed by atoms with Crippen molar-refractivity contribution in [2.45, 2.75) is 12.8 Å². The molecular formula is C17H13F3N2O3. The van der Waals surface area contributed by atoms with Crippen LogP contribution < -0.4 is 9.47 Å². The zero-order valence-corrected chi connectivity index (χ0v) is 13.1. The van der Waals surface area contributed by atoms with Crippen LogP contribution in [0.1, 0.15) is 11.5 Å². The average molecular weight is 350 g/mol. The quantitative estimate of drug-likeness (QED) is 0.685. The van der Waals surface area contributed by atoms with E-state index in [1.54, 1.807) is 12.1 Å². The topological polar surface area (TPSA) is 57.4 Å². The molecule has 3 rings (SSSR count). The Labute approximate surface area is 141 Å². The Morgan fingerprint density at radius 2 is 1.76 bits per heavy atom. The molecule has 3 aromatic rings. The van der Waals surface area contributed by atoms with Gasteiger partial charge in [0.2, 0.25) is 5.82 Å². The lowest BCUT2D eigenvalue weighted by molar-refractivity contribution is -0.137. The molecule has 0 N–H and O–H groups in total. The molecule has 0 aliphatic heterocycles. The zero-order valence-electron chi connectivity index (χ0n) is 13.1. The van der Waals surface area contributed by atoms with Crippen molar-refractivity contribution in [3.63, 3.8) is 0 Å². The van der Waals surface area contributed by atoms with E-state index in [9.17, 15) is 13.2 Å². The number of hydrogen-bond donors (Lipinski definition) is 0. The standard InChI is InChI=1S/C17H13F3N2O3/c1-23-14-5-3-2-4-13(14)16-21-15(25-22-16)10-24-12-8-6-11(7-9-12)17(18,19)20/h2-9H,10H2,1H3. The first-order valence-electron chi connectivity index (χ1n) is 7.23. The first-order valence-corrected chi connectivity index (χ1v) is 7.23. The first kappa shape index (κ1) is 16.8. The van der Waals surface area contributed by atoms with Gasteiger partial charge in [-0.05, 0) is 36.4 Å². The van der Waals surface area contributed by atoms with Crippen LogP contribution in [0.5, 0.6) is 11.5 Å². The summed E-state index contributed by atoms with van der Waals surface area (Å²) >= 11 is 0. The van der Waals surface area contributed by atoms with Crippen LogP contribution in [0.15, 0.2) is 53.1 Å². The Morgan fingerprint density at radius 3 is 2.44 bits per heavy atom. The molecule has 0 atom stereocenters. The van der Waals surface area contributed by atoms with Crippen LogP contribution in [0.4, 0.5) is 13.2 Å². The lowest BCUT2D eigenvalue weighted by Gasteiger charge is -2.07. The summed E-state index contributed by atoms with van der Waals surface area (Å²) in [7, 11) is 1.54. The number of halogens is 3. The highest BCUT2D eigenvalue weighted by Crippen LogP contribution is 2.30. The SMILES string of the molecule is COc1ccccc1-c1noc(COc2ccc(C(F)(F)F)cc2)n1. The number of benzene rings is 2. The molecule has 0 radical (unpaired) electrons. The van der Waals surface area contributed by atoms with Gasteiger partial charge in [-0.25, -0.2) is 0 Å². The summed E-state index contributed by atoms with van der Waals surface area (Å²) in [5.41, 5.74) is -0.0781. The lowest BCUT2D eigenvalue weighted by Crippen LogP contribution is -2.04. The number of para-hydroxylation sites is 1. The van der Waals surface area contributed by atoms with Gasteiger partial charge in [-0.2, -0.15) is 18.2 Å². The normalized spacial score (nSPS) is 11.4. The fraction of sp³-hybridized carbons (Fsp3) is 0.176. The maximum atomic E-state index is 12.5. The number of alkyl halides is 3. The van der Waals surface area contributed by atoms with Crippen LogP contribution in [0.25, 0.3) is 11.4 Å². The summed E-state index contributed by atoms with van der Waals surface area (Å²) in [5, 5.41) is 3.86. The van der Waals surface area contributed by atoms with Gasteiger partial charge in [0.25, 0.3) is 5.89 Å². The predicted octanol–water partition coefficient (Wildman–Crippen LogP) is 4.34. The minimum absolute atomic E-state index is 0.0620. The molecule has 0 saturated carbocycles. The third-order valence-corrected chi connectivity index (χ3v) is 3.36. The van der Waals surface area contributed by atoms with Crippen LogP contribution in [0.3, 0.4) is 0 Å². The molecule has 0 fully saturated rings. The number of hydrogen-bond acceptors (Lipinski definition) is 5. The second-order valence-electron chi connectivity index (χ2n) is 5.02. The van der Waals surface area contributed by atoms with Crippen molar-refractivity contribution in [3.05, 3.63) is 60.0 Å². The monoisotopic (exact) mass is 350 g/mol. The van der Waals surface area contributed by atoms with Crippen LogP contribution in [0.2, 0.25) is 0 Å². The van der Waals surface area contributed by atoms with Crippen molar-refractivity contribution < 1.29 is 27.2 Å². The number of rotatable bonds is 5. The molecule has 0 bridgehead atoms. The van der Waals surface area contributed by atoms with Crippen LogP contribution >= 0.6 is 0 Å². The van der Waals surface area contributed by atoms with Gasteiger partial charge < -0.3 is 14.0 Å². The maximum absolute atomic E-state index is 12.5.